The summed E-state index contributed by atoms with van der Waals surface area (Å²) < 4.78 is 28.8. The number of aliphatic hydroxyl groups is 2. The van der Waals surface area contributed by atoms with Crippen LogP contribution >= 0.6 is 7.75 Å². The number of aliphatic hydroxyl groups excluding tert-OH is 2. The maximum absolute atomic E-state index is 13.8. The molecule has 0 bridgehead atoms. The molecule has 132 valence electrons. The first-order valence-corrected chi connectivity index (χ1v) is 7.88. The van der Waals surface area contributed by atoms with E-state index >= 15 is 0 Å². The molecule has 2 rings (SSSR count). The van der Waals surface area contributed by atoms with E-state index in [2.05, 4.69) is 5.50 Å². The van der Waals surface area contributed by atoms with Gasteiger partial charge in [0.2, 0.25) is 0 Å². The molecule has 0 saturated carbocycles. The zero-order chi connectivity index (χ0) is 17.9. The Kier molecular flexibility index (Phi) is 6.36. The molecule has 13 heteroatoms. The Morgan fingerprint density at radius 1 is 1.48 bits per heavy atom. The zero-order valence-electron chi connectivity index (χ0n) is 11.9. The van der Waals surface area contributed by atoms with Crippen molar-refractivity contribution in [2.24, 2.45) is 5.50 Å². The van der Waals surface area contributed by atoms with Crippen LogP contribution in [0.25, 0.3) is 0 Å². The number of nitrogens with one attached hydrogen (secondary N) is 1. The molecule has 1 saturated heterocycles. The highest BCUT2D eigenvalue weighted by atomic mass is 31.2. The second-order valence-corrected chi connectivity index (χ2v) is 5.93. The van der Waals surface area contributed by atoms with Gasteiger partial charge in [-0.25, -0.2) is 19.3 Å². The lowest BCUT2D eigenvalue weighted by molar-refractivity contribution is -0.0492. The van der Waals surface area contributed by atoms with Crippen LogP contribution in [0.3, 0.4) is 0 Å². The predicted molar refractivity (Wildman–Crippen MR) is 74.2 cm³/mol. The third-order valence-corrected chi connectivity index (χ3v) is 2.89. The minimum atomic E-state index is -4.14. The second kappa shape index (κ2) is 7.45. The summed E-state index contributed by atoms with van der Waals surface area (Å²) in [6.45, 7) is 0.895. The number of aryl methyl sites for hydroxylation is 1. The van der Waals surface area contributed by atoms with Crippen molar-refractivity contribution in [2.75, 3.05) is 6.61 Å². The molecule has 7 N–H and O–H groups in total. The molecule has 0 aliphatic carbocycles. The Labute approximate surface area is 128 Å². The van der Waals surface area contributed by atoms with Gasteiger partial charge < -0.3 is 24.7 Å². The van der Waals surface area contributed by atoms with Gasteiger partial charge in [-0.05, 0) is 6.92 Å². The Bertz CT molecular complexity index is 692. The van der Waals surface area contributed by atoms with Crippen molar-refractivity contribution < 1.29 is 33.7 Å². The van der Waals surface area contributed by atoms with Gasteiger partial charge in [0.05, 0.1) is 6.61 Å². The van der Waals surface area contributed by atoms with E-state index in [1.807, 2.05) is 4.98 Å². The highest BCUT2D eigenvalue weighted by Crippen LogP contribution is 2.30. The number of hydrogen-bond acceptors (Lipinski definition) is 6. The van der Waals surface area contributed by atoms with Crippen LogP contribution in [-0.2, 0) is 9.30 Å². The number of nitrogens with two attached hydrogens (primary N) is 1. The second-order valence-electron chi connectivity index (χ2n) is 4.75. The molecule has 11 nitrogen and oxygen atoms in total. The van der Waals surface area contributed by atoms with Crippen molar-refractivity contribution in [3.8, 4) is 0 Å². The molecule has 1 aliphatic heterocycles. The Hall–Kier alpha value is -1.40. The summed E-state index contributed by atoms with van der Waals surface area (Å²) in [4.78, 5) is 39.6. The molecule has 1 aromatic rings. The third-order valence-electron chi connectivity index (χ3n) is 2.89. The number of hydrogen-bond donors (Lipinski definition) is 6. The fraction of sp³-hybridized carbons (Fsp3) is 0.600. The molecule has 2 heterocycles. The van der Waals surface area contributed by atoms with Crippen molar-refractivity contribution >= 4 is 7.75 Å². The maximum atomic E-state index is 13.8. The average molecular weight is 357 g/mol. The minimum absolute atomic E-state index is 0.215. The van der Waals surface area contributed by atoms with Crippen LogP contribution in [-0.4, -0.2) is 54.5 Å². The van der Waals surface area contributed by atoms with Gasteiger partial charge >= 0.3 is 13.4 Å². The minimum Gasteiger partial charge on any atom is -0.394 e. The number of rotatable bonds is 2. The summed E-state index contributed by atoms with van der Waals surface area (Å²) in [5, 5.41) is 18.3. The lowest BCUT2D eigenvalue weighted by Crippen LogP contribution is -2.36. The maximum Gasteiger partial charge on any atom is 0.397 e. The Balaban J connectivity index is 0.000000463. The fourth-order valence-corrected chi connectivity index (χ4v) is 1.85. The van der Waals surface area contributed by atoms with Crippen LogP contribution in [0.2, 0.25) is 0 Å². The van der Waals surface area contributed by atoms with E-state index in [-0.39, 0.29) is 5.56 Å². The van der Waals surface area contributed by atoms with Crippen LogP contribution in [0.15, 0.2) is 15.8 Å². The molecular weight excluding hydrogens is 340 g/mol. The Morgan fingerprint density at radius 2 is 2.00 bits per heavy atom. The number of aromatic amines is 1. The largest absolute Gasteiger partial charge is 0.397 e. The third kappa shape index (κ3) is 5.32. The molecule has 1 aliphatic rings. The number of nitrogens with zero attached hydrogens (tertiary/aromatic N) is 1. The van der Waals surface area contributed by atoms with Crippen molar-refractivity contribution in [3.05, 3.63) is 32.6 Å². The quantitative estimate of drug-likeness (QED) is 0.310. The van der Waals surface area contributed by atoms with E-state index in [1.165, 1.54) is 6.92 Å². The molecule has 0 amide bonds. The van der Waals surface area contributed by atoms with E-state index < -0.39 is 50.2 Å². The lowest BCUT2D eigenvalue weighted by Gasteiger charge is -2.15. The summed E-state index contributed by atoms with van der Waals surface area (Å²) in [7, 11) is -4.14. The first-order valence-electron chi connectivity index (χ1n) is 6.20. The first kappa shape index (κ1) is 19.6. The lowest BCUT2D eigenvalue weighted by atomic mass is 10.1. The first-order chi connectivity index (χ1) is 10.5. The van der Waals surface area contributed by atoms with Gasteiger partial charge in [0.15, 0.2) is 12.4 Å². The predicted octanol–water partition coefficient (Wildman–Crippen LogP) is -2.53. The van der Waals surface area contributed by atoms with Crippen molar-refractivity contribution in [1.82, 2.24) is 9.55 Å². The normalized spacial score (nSPS) is 27.4. The van der Waals surface area contributed by atoms with Gasteiger partial charge in [0.1, 0.15) is 12.2 Å². The average Bonchev–Trinajstić information content (AvgIpc) is 2.69. The van der Waals surface area contributed by atoms with Gasteiger partial charge in [-0.1, -0.05) is 0 Å². The van der Waals surface area contributed by atoms with Gasteiger partial charge in [-0.15, -0.1) is 0 Å². The van der Waals surface area contributed by atoms with Crippen LogP contribution in [0.4, 0.5) is 4.39 Å². The Morgan fingerprint density at radius 3 is 2.43 bits per heavy atom. The van der Waals surface area contributed by atoms with E-state index in [1.54, 1.807) is 0 Å². The number of H-pyrrole nitrogens is 1. The van der Waals surface area contributed by atoms with Crippen molar-refractivity contribution in [1.29, 1.82) is 0 Å². The summed E-state index contributed by atoms with van der Waals surface area (Å²) in [6.07, 6.45) is -4.67. The topological polar surface area (TPSA) is 188 Å². The van der Waals surface area contributed by atoms with Crippen LogP contribution in [0.1, 0.15) is 11.8 Å². The smallest absolute Gasteiger partial charge is 0.394 e. The highest BCUT2D eigenvalue weighted by Gasteiger charge is 2.45. The van der Waals surface area contributed by atoms with Crippen LogP contribution in [0, 0.1) is 6.92 Å². The molecular formula is C10H17FN3O8P. The molecule has 23 heavy (non-hydrogen) atoms. The standard InChI is InChI=1S/C10H13FN2O5.H4NO3P/c1-4-2-13(10(17)12-8(4)16)9-6(11)7(15)5(3-14)18-9;1-5(2,3)4/h2,5-7,9,14-15H,3H2,1H3,(H,12,16,17);(H4,1,2,3,4)/t5-,6+,7-,9-;/m0./s1. The van der Waals surface area contributed by atoms with Gasteiger partial charge in [0.25, 0.3) is 5.56 Å². The van der Waals surface area contributed by atoms with Gasteiger partial charge in [-0.2, -0.15) is 0 Å². The summed E-state index contributed by atoms with van der Waals surface area (Å²) in [6, 6.07) is 0. The summed E-state index contributed by atoms with van der Waals surface area (Å²) >= 11 is 0. The molecule has 1 fully saturated rings. The van der Waals surface area contributed by atoms with Gasteiger partial charge in [0, 0.05) is 11.8 Å². The summed E-state index contributed by atoms with van der Waals surface area (Å²) in [5.74, 6) is 0. The molecule has 1 aromatic heterocycles. The monoisotopic (exact) mass is 357 g/mol. The SMILES string of the molecule is Cc1cn([C@H]2O[C@@H](CO)[C@H](O)[C@H]2F)c(=O)[nH]c1=O.NP(=O)(O)O. The van der Waals surface area contributed by atoms with E-state index in [0.29, 0.717) is 0 Å². The van der Waals surface area contributed by atoms with E-state index in [9.17, 15) is 19.1 Å². The van der Waals surface area contributed by atoms with Gasteiger partial charge in [-0.3, -0.25) is 14.3 Å². The molecule has 0 radical (unpaired) electrons. The number of aromatic nitrogens is 2. The van der Waals surface area contributed by atoms with Crippen LogP contribution < -0.4 is 16.8 Å². The highest BCUT2D eigenvalue weighted by molar-refractivity contribution is 7.49. The van der Waals surface area contributed by atoms with Crippen molar-refractivity contribution in [3.63, 3.8) is 0 Å². The molecule has 4 atom stereocenters. The molecule has 0 aromatic carbocycles. The number of ether oxygens (including phenoxy) is 1. The molecule has 0 unspecified atom stereocenters. The zero-order valence-corrected chi connectivity index (χ0v) is 12.8. The fourth-order valence-electron chi connectivity index (χ4n) is 1.85. The van der Waals surface area contributed by atoms with E-state index in [0.717, 1.165) is 10.8 Å². The number of alkyl halides is 1. The molecule has 0 spiro atoms. The van der Waals surface area contributed by atoms with E-state index in [4.69, 9.17) is 24.2 Å². The van der Waals surface area contributed by atoms with Crippen LogP contribution in [0.5, 0.6) is 0 Å². The summed E-state index contributed by atoms with van der Waals surface area (Å²) in [5.41, 5.74) is 2.84. The van der Waals surface area contributed by atoms with Crippen molar-refractivity contribution in [2.45, 2.75) is 31.5 Å². The number of halogens is 1.